The molecule has 2 heteroatoms. The van der Waals surface area contributed by atoms with Gasteiger partial charge in [-0.05, 0) is 63.5 Å². The first kappa shape index (κ1) is 14.8. The third-order valence-corrected chi connectivity index (χ3v) is 6.08. The van der Waals surface area contributed by atoms with E-state index < -0.39 is 0 Å². The SMILES string of the molecule is C1CCC(CNC2CCCCC2C2CCCCN2)CC1. The van der Waals surface area contributed by atoms with Gasteiger partial charge in [-0.3, -0.25) is 0 Å². The molecule has 20 heavy (non-hydrogen) atoms. The van der Waals surface area contributed by atoms with Crippen molar-refractivity contribution < 1.29 is 0 Å². The predicted octanol–water partition coefficient (Wildman–Crippen LogP) is 3.86. The second-order valence-electron chi connectivity index (χ2n) is 7.52. The van der Waals surface area contributed by atoms with E-state index in [9.17, 15) is 0 Å². The van der Waals surface area contributed by atoms with Crippen LogP contribution in [0, 0.1) is 11.8 Å². The highest BCUT2D eigenvalue weighted by Gasteiger charge is 2.32. The van der Waals surface area contributed by atoms with Gasteiger partial charge in [-0.2, -0.15) is 0 Å². The standard InChI is InChI=1S/C18H34N2/c1-2-8-15(9-3-1)14-20-18-11-5-4-10-16(18)17-12-6-7-13-19-17/h15-20H,1-14H2. The fourth-order valence-corrected chi connectivity index (χ4v) is 4.85. The largest absolute Gasteiger partial charge is 0.314 e. The Bertz CT molecular complexity index is 267. The summed E-state index contributed by atoms with van der Waals surface area (Å²) in [5.74, 6) is 1.89. The van der Waals surface area contributed by atoms with Gasteiger partial charge in [0.05, 0.1) is 0 Å². The summed E-state index contributed by atoms with van der Waals surface area (Å²) in [6.07, 6.45) is 17.5. The molecule has 2 N–H and O–H groups in total. The average molecular weight is 278 g/mol. The fourth-order valence-electron chi connectivity index (χ4n) is 4.85. The van der Waals surface area contributed by atoms with Crippen LogP contribution in [0.2, 0.25) is 0 Å². The predicted molar refractivity (Wildman–Crippen MR) is 86.0 cm³/mol. The summed E-state index contributed by atoms with van der Waals surface area (Å²) in [6.45, 7) is 2.56. The Morgan fingerprint density at radius 3 is 2.30 bits per heavy atom. The molecule has 3 unspecified atom stereocenters. The van der Waals surface area contributed by atoms with E-state index in [-0.39, 0.29) is 0 Å². The van der Waals surface area contributed by atoms with Crippen molar-refractivity contribution in [2.24, 2.45) is 11.8 Å². The Labute approximate surface area is 125 Å². The first-order valence-electron chi connectivity index (χ1n) is 9.40. The van der Waals surface area contributed by atoms with Crippen molar-refractivity contribution in [3.63, 3.8) is 0 Å². The Balaban J connectivity index is 1.49. The van der Waals surface area contributed by atoms with Crippen LogP contribution in [-0.2, 0) is 0 Å². The lowest BCUT2D eigenvalue weighted by Gasteiger charge is -2.40. The molecule has 1 aliphatic heterocycles. The number of piperidine rings is 1. The Morgan fingerprint density at radius 1 is 0.750 bits per heavy atom. The minimum atomic E-state index is 0.807. The maximum atomic E-state index is 4.00. The molecule has 2 saturated carbocycles. The summed E-state index contributed by atoms with van der Waals surface area (Å²) in [6, 6.07) is 1.62. The Kier molecular flexibility index (Phi) is 5.78. The molecule has 3 fully saturated rings. The third-order valence-electron chi connectivity index (χ3n) is 6.08. The molecule has 2 nitrogen and oxygen atoms in total. The zero-order valence-electron chi connectivity index (χ0n) is 13.2. The molecule has 1 heterocycles. The fraction of sp³-hybridized carbons (Fsp3) is 1.00. The molecule has 116 valence electrons. The maximum absolute atomic E-state index is 4.00. The second kappa shape index (κ2) is 7.79. The van der Waals surface area contributed by atoms with Gasteiger partial charge in [-0.1, -0.05) is 38.5 Å². The van der Waals surface area contributed by atoms with Gasteiger partial charge in [0.15, 0.2) is 0 Å². The third kappa shape index (κ3) is 3.98. The highest BCUT2D eigenvalue weighted by atomic mass is 15.0. The van der Waals surface area contributed by atoms with Gasteiger partial charge in [-0.25, -0.2) is 0 Å². The minimum absolute atomic E-state index is 0.807. The molecule has 0 aromatic carbocycles. The molecule has 0 spiro atoms. The molecule has 2 aliphatic carbocycles. The molecular weight excluding hydrogens is 244 g/mol. The van der Waals surface area contributed by atoms with E-state index in [1.54, 1.807) is 0 Å². The molecule has 3 atom stereocenters. The van der Waals surface area contributed by atoms with Crippen LogP contribution >= 0.6 is 0 Å². The van der Waals surface area contributed by atoms with Gasteiger partial charge >= 0.3 is 0 Å². The van der Waals surface area contributed by atoms with Crippen molar-refractivity contribution in [2.45, 2.75) is 89.1 Å². The van der Waals surface area contributed by atoms with Crippen LogP contribution in [0.15, 0.2) is 0 Å². The summed E-state index contributed by atoms with van der Waals surface area (Å²) in [5, 5.41) is 7.82. The first-order valence-corrected chi connectivity index (χ1v) is 9.40. The van der Waals surface area contributed by atoms with Crippen molar-refractivity contribution >= 4 is 0 Å². The zero-order chi connectivity index (χ0) is 13.6. The van der Waals surface area contributed by atoms with E-state index in [4.69, 9.17) is 0 Å². The molecule has 0 bridgehead atoms. The lowest BCUT2D eigenvalue weighted by atomic mass is 9.77. The zero-order valence-corrected chi connectivity index (χ0v) is 13.2. The van der Waals surface area contributed by atoms with Crippen LogP contribution < -0.4 is 10.6 Å². The highest BCUT2D eigenvalue weighted by molar-refractivity contribution is 4.91. The van der Waals surface area contributed by atoms with Crippen molar-refractivity contribution in [2.75, 3.05) is 13.1 Å². The van der Waals surface area contributed by atoms with Crippen molar-refractivity contribution in [3.8, 4) is 0 Å². The summed E-state index contributed by atoms with van der Waals surface area (Å²) in [7, 11) is 0. The van der Waals surface area contributed by atoms with E-state index >= 15 is 0 Å². The van der Waals surface area contributed by atoms with E-state index in [2.05, 4.69) is 10.6 Å². The number of nitrogens with one attached hydrogen (secondary N) is 2. The van der Waals surface area contributed by atoms with E-state index in [0.717, 1.165) is 23.9 Å². The van der Waals surface area contributed by atoms with Gasteiger partial charge in [-0.15, -0.1) is 0 Å². The van der Waals surface area contributed by atoms with Crippen LogP contribution in [-0.4, -0.2) is 25.2 Å². The molecule has 0 radical (unpaired) electrons. The van der Waals surface area contributed by atoms with Crippen LogP contribution in [0.25, 0.3) is 0 Å². The maximum Gasteiger partial charge on any atom is 0.0110 e. The molecule has 3 rings (SSSR count). The van der Waals surface area contributed by atoms with Crippen molar-refractivity contribution in [1.82, 2.24) is 10.6 Å². The van der Waals surface area contributed by atoms with Crippen LogP contribution in [0.1, 0.15) is 77.0 Å². The second-order valence-corrected chi connectivity index (χ2v) is 7.52. The van der Waals surface area contributed by atoms with Crippen molar-refractivity contribution in [3.05, 3.63) is 0 Å². The van der Waals surface area contributed by atoms with Gasteiger partial charge in [0.2, 0.25) is 0 Å². The first-order chi connectivity index (χ1) is 9.93. The number of hydrogen-bond acceptors (Lipinski definition) is 2. The smallest absolute Gasteiger partial charge is 0.0110 e. The van der Waals surface area contributed by atoms with E-state index in [1.807, 2.05) is 0 Å². The average Bonchev–Trinajstić information content (AvgIpc) is 2.55. The minimum Gasteiger partial charge on any atom is -0.314 e. The van der Waals surface area contributed by atoms with Crippen LogP contribution in [0.5, 0.6) is 0 Å². The molecule has 0 amide bonds. The normalized spacial score (nSPS) is 36.9. The molecular formula is C18H34N2. The van der Waals surface area contributed by atoms with Gasteiger partial charge in [0.25, 0.3) is 0 Å². The molecule has 3 aliphatic rings. The highest BCUT2D eigenvalue weighted by Crippen LogP contribution is 2.31. The summed E-state index contributed by atoms with van der Waals surface area (Å²) >= 11 is 0. The van der Waals surface area contributed by atoms with Gasteiger partial charge in [0, 0.05) is 12.1 Å². The van der Waals surface area contributed by atoms with Gasteiger partial charge in [0.1, 0.15) is 0 Å². The Morgan fingerprint density at radius 2 is 1.50 bits per heavy atom. The number of hydrogen-bond donors (Lipinski definition) is 2. The number of rotatable bonds is 4. The van der Waals surface area contributed by atoms with Crippen LogP contribution in [0.4, 0.5) is 0 Å². The molecule has 0 aromatic heterocycles. The topological polar surface area (TPSA) is 24.1 Å². The Hall–Kier alpha value is -0.0800. The summed E-state index contributed by atoms with van der Waals surface area (Å²) in [5.41, 5.74) is 0. The lowest BCUT2D eigenvalue weighted by Crippen LogP contribution is -2.51. The van der Waals surface area contributed by atoms with E-state index in [1.165, 1.54) is 90.1 Å². The molecule has 1 saturated heterocycles. The monoisotopic (exact) mass is 278 g/mol. The summed E-state index contributed by atoms with van der Waals surface area (Å²) < 4.78 is 0. The van der Waals surface area contributed by atoms with E-state index in [0.29, 0.717) is 0 Å². The quantitative estimate of drug-likeness (QED) is 0.816. The van der Waals surface area contributed by atoms with Crippen molar-refractivity contribution in [1.29, 1.82) is 0 Å². The van der Waals surface area contributed by atoms with Gasteiger partial charge < -0.3 is 10.6 Å². The van der Waals surface area contributed by atoms with Crippen LogP contribution in [0.3, 0.4) is 0 Å². The lowest BCUT2D eigenvalue weighted by molar-refractivity contribution is 0.173. The summed E-state index contributed by atoms with van der Waals surface area (Å²) in [4.78, 5) is 0. The molecule has 0 aromatic rings.